The Labute approximate surface area is 256 Å². The van der Waals surface area contributed by atoms with Crippen LogP contribution in [0.25, 0.3) is 18.2 Å². The Morgan fingerprint density at radius 1 is 0.886 bits per heavy atom. The van der Waals surface area contributed by atoms with Crippen molar-refractivity contribution in [2.45, 2.75) is 74.1 Å². The maximum absolute atomic E-state index is 12.6. The Morgan fingerprint density at radius 2 is 1.52 bits per heavy atom. The molecule has 2 aliphatic rings. The molecular formula is C34H40N4O6. The molecule has 2 aliphatic heterocycles. The Kier molecular flexibility index (Phi) is 9.42. The molecule has 5 N–H and O–H groups in total. The van der Waals surface area contributed by atoms with Crippen molar-refractivity contribution in [1.29, 1.82) is 0 Å². The predicted molar refractivity (Wildman–Crippen MR) is 169 cm³/mol. The maximum Gasteiger partial charge on any atom is 0.303 e. The quantitative estimate of drug-likeness (QED) is 0.280. The van der Waals surface area contributed by atoms with Crippen molar-refractivity contribution in [3.8, 4) is 0 Å². The average molecular weight is 601 g/mol. The number of carboxylic acid groups (broad SMARTS) is 2. The molecule has 0 bridgehead atoms. The number of carbonyl (C=O) groups is 4. The van der Waals surface area contributed by atoms with E-state index < -0.39 is 11.9 Å². The SMILES string of the molecule is C/C=C1\C(=C\c2[nH]c(/C=c3\[nH]/c(=C\C4=NC(=O)C(C(C)C)=C4C)c(C)c3CCC(=O)O)c(CCC(=O)O)c2C)NC(=O)C1C. The summed E-state index contributed by atoms with van der Waals surface area (Å²) in [7, 11) is 0. The van der Waals surface area contributed by atoms with Crippen LogP contribution in [-0.2, 0) is 32.0 Å². The Balaban J connectivity index is 1.91. The number of H-pyrrole nitrogens is 2. The summed E-state index contributed by atoms with van der Waals surface area (Å²) in [6.07, 6.45) is 7.87. The van der Waals surface area contributed by atoms with Gasteiger partial charge in [-0.3, -0.25) is 19.2 Å². The molecule has 232 valence electrons. The van der Waals surface area contributed by atoms with E-state index in [1.54, 1.807) is 0 Å². The van der Waals surface area contributed by atoms with Gasteiger partial charge in [-0.2, -0.15) is 0 Å². The molecule has 4 rings (SSSR count). The van der Waals surface area contributed by atoms with E-state index >= 15 is 0 Å². The highest BCUT2D eigenvalue weighted by atomic mass is 16.4. The number of hydrogen-bond donors (Lipinski definition) is 5. The smallest absolute Gasteiger partial charge is 0.303 e. The lowest BCUT2D eigenvalue weighted by Crippen LogP contribution is -2.16. The van der Waals surface area contributed by atoms with Crippen molar-refractivity contribution in [2.24, 2.45) is 16.8 Å². The van der Waals surface area contributed by atoms with E-state index in [1.165, 1.54) is 0 Å². The van der Waals surface area contributed by atoms with Gasteiger partial charge in [0.1, 0.15) is 0 Å². The lowest BCUT2D eigenvalue weighted by atomic mass is 9.97. The van der Waals surface area contributed by atoms with Crippen LogP contribution in [0.5, 0.6) is 0 Å². The van der Waals surface area contributed by atoms with Gasteiger partial charge in [-0.1, -0.05) is 19.9 Å². The van der Waals surface area contributed by atoms with Crippen LogP contribution in [0.4, 0.5) is 0 Å². The van der Waals surface area contributed by atoms with Gasteiger partial charge in [-0.25, -0.2) is 4.99 Å². The predicted octanol–water partition coefficient (Wildman–Crippen LogP) is 3.61. The molecule has 0 spiro atoms. The first-order chi connectivity index (χ1) is 20.7. The molecule has 2 amide bonds. The summed E-state index contributed by atoms with van der Waals surface area (Å²) in [5.74, 6) is -2.41. The summed E-state index contributed by atoms with van der Waals surface area (Å²) in [6.45, 7) is 13.3. The number of carboxylic acids is 2. The van der Waals surface area contributed by atoms with E-state index in [4.69, 9.17) is 0 Å². The van der Waals surface area contributed by atoms with Crippen LogP contribution in [0.15, 0.2) is 33.5 Å². The molecule has 4 heterocycles. The molecule has 1 fully saturated rings. The van der Waals surface area contributed by atoms with Crippen molar-refractivity contribution in [3.63, 3.8) is 0 Å². The number of aromatic amines is 2. The molecule has 2 aromatic heterocycles. The van der Waals surface area contributed by atoms with Crippen molar-refractivity contribution >= 4 is 47.7 Å². The van der Waals surface area contributed by atoms with Crippen LogP contribution in [0, 0.1) is 25.7 Å². The first-order valence-corrected chi connectivity index (χ1v) is 14.8. The topological polar surface area (TPSA) is 165 Å². The summed E-state index contributed by atoms with van der Waals surface area (Å²) >= 11 is 0. The fraction of sp³-hybridized carbons (Fsp3) is 0.382. The van der Waals surface area contributed by atoms with Gasteiger partial charge in [0.05, 0.1) is 11.6 Å². The van der Waals surface area contributed by atoms with Gasteiger partial charge in [0, 0.05) is 46.2 Å². The summed E-state index contributed by atoms with van der Waals surface area (Å²) in [6, 6.07) is 0. The highest BCUT2D eigenvalue weighted by molar-refractivity contribution is 6.30. The van der Waals surface area contributed by atoms with Gasteiger partial charge in [-0.15, -0.1) is 0 Å². The number of allylic oxidation sites excluding steroid dienone is 3. The van der Waals surface area contributed by atoms with Crippen LogP contribution < -0.4 is 16.0 Å². The van der Waals surface area contributed by atoms with Crippen LogP contribution in [-0.4, -0.2) is 49.6 Å². The number of aliphatic carboxylic acids is 2. The van der Waals surface area contributed by atoms with E-state index in [0.717, 1.165) is 39.1 Å². The highest BCUT2D eigenvalue weighted by Crippen LogP contribution is 2.30. The third kappa shape index (κ3) is 6.44. The average Bonchev–Trinajstić information content (AvgIpc) is 3.59. The molecule has 0 aliphatic carbocycles. The molecule has 2 aromatic rings. The minimum absolute atomic E-state index is 0.0334. The third-order valence-corrected chi connectivity index (χ3v) is 8.50. The zero-order chi connectivity index (χ0) is 32.5. The normalized spacial score (nSPS) is 19.7. The largest absolute Gasteiger partial charge is 0.481 e. The van der Waals surface area contributed by atoms with E-state index in [1.807, 2.05) is 72.8 Å². The van der Waals surface area contributed by atoms with Crippen LogP contribution in [0.1, 0.15) is 81.1 Å². The van der Waals surface area contributed by atoms with Gasteiger partial charge in [0.15, 0.2) is 0 Å². The molecular weight excluding hydrogens is 560 g/mol. The van der Waals surface area contributed by atoms with Crippen LogP contribution >= 0.6 is 0 Å². The van der Waals surface area contributed by atoms with E-state index in [2.05, 4.69) is 20.3 Å². The van der Waals surface area contributed by atoms with Gasteiger partial charge in [0.2, 0.25) is 5.91 Å². The fourth-order valence-electron chi connectivity index (χ4n) is 6.01. The minimum Gasteiger partial charge on any atom is -0.481 e. The van der Waals surface area contributed by atoms with Gasteiger partial charge in [-0.05, 0) is 105 Å². The molecule has 1 saturated heterocycles. The standard InChI is InChI=1S/C34H40N4O6/c1-8-21-19(6)33(43)38-27(21)14-25-18(5)23(10-12-31(41)42)29(36-25)15-28-22(9-11-30(39)40)17(4)24(35-28)13-26-20(7)32(16(2)3)34(44)37-26/h8,13-16,19,35-36H,9-12H2,1-7H3,(H,38,43)(H,39,40)(H,41,42)/b21-8-,24-13-,27-14-,28-15-. The number of hydrogen-bond acceptors (Lipinski definition) is 4. The Morgan fingerprint density at radius 3 is 2.09 bits per heavy atom. The summed E-state index contributed by atoms with van der Waals surface area (Å²) in [5.41, 5.74) is 8.39. The Hall–Kier alpha value is -4.73. The van der Waals surface area contributed by atoms with Gasteiger partial charge < -0.3 is 25.5 Å². The number of amides is 2. The lowest BCUT2D eigenvalue weighted by molar-refractivity contribution is -0.138. The van der Waals surface area contributed by atoms with Gasteiger partial charge >= 0.3 is 11.9 Å². The number of nitrogens with one attached hydrogen (secondary N) is 3. The van der Waals surface area contributed by atoms with E-state index in [9.17, 15) is 29.4 Å². The zero-order valence-corrected chi connectivity index (χ0v) is 26.3. The van der Waals surface area contributed by atoms with Gasteiger partial charge in [0.25, 0.3) is 5.91 Å². The van der Waals surface area contributed by atoms with Crippen molar-refractivity contribution < 1.29 is 29.4 Å². The monoisotopic (exact) mass is 600 g/mol. The van der Waals surface area contributed by atoms with Crippen molar-refractivity contribution in [3.05, 3.63) is 72.8 Å². The number of carbonyl (C=O) groups excluding carboxylic acids is 2. The minimum atomic E-state index is -0.924. The molecule has 1 atom stereocenters. The highest BCUT2D eigenvalue weighted by Gasteiger charge is 2.29. The van der Waals surface area contributed by atoms with Crippen molar-refractivity contribution in [1.82, 2.24) is 15.3 Å². The van der Waals surface area contributed by atoms with E-state index in [-0.39, 0.29) is 49.3 Å². The molecule has 44 heavy (non-hydrogen) atoms. The number of nitrogens with zero attached hydrogens (tertiary/aromatic N) is 1. The third-order valence-electron chi connectivity index (χ3n) is 8.50. The summed E-state index contributed by atoms with van der Waals surface area (Å²) in [4.78, 5) is 59.1. The molecule has 0 aromatic carbocycles. The number of aromatic nitrogens is 2. The first kappa shape index (κ1) is 32.2. The fourth-order valence-corrected chi connectivity index (χ4v) is 6.01. The molecule has 0 saturated carbocycles. The molecule has 10 nitrogen and oxygen atoms in total. The summed E-state index contributed by atoms with van der Waals surface area (Å²) < 4.78 is 0. The summed E-state index contributed by atoms with van der Waals surface area (Å²) in [5, 5.41) is 23.2. The van der Waals surface area contributed by atoms with Crippen LogP contribution in [0.2, 0.25) is 0 Å². The second-order valence-electron chi connectivity index (χ2n) is 11.7. The number of rotatable bonds is 10. The second kappa shape index (κ2) is 12.9. The molecule has 1 unspecified atom stereocenters. The number of aliphatic imine (C=N–C) groups is 1. The molecule has 10 heteroatoms. The van der Waals surface area contributed by atoms with E-state index in [0.29, 0.717) is 33.4 Å². The first-order valence-electron chi connectivity index (χ1n) is 14.8. The van der Waals surface area contributed by atoms with Crippen molar-refractivity contribution in [2.75, 3.05) is 0 Å². The lowest BCUT2D eigenvalue weighted by Gasteiger charge is -2.04. The Bertz CT molecular complexity index is 1810. The maximum atomic E-state index is 12.6. The molecule has 0 radical (unpaired) electrons. The second-order valence-corrected chi connectivity index (χ2v) is 11.7. The zero-order valence-electron chi connectivity index (χ0n) is 26.3. The van der Waals surface area contributed by atoms with Crippen LogP contribution in [0.3, 0.4) is 0 Å².